The van der Waals surface area contributed by atoms with E-state index in [1.54, 1.807) is 0 Å². The molecule has 2 saturated heterocycles. The van der Waals surface area contributed by atoms with Crippen molar-refractivity contribution >= 4 is 17.7 Å². The lowest BCUT2D eigenvalue weighted by Gasteiger charge is -2.46. The van der Waals surface area contributed by atoms with Crippen LogP contribution in [0.5, 0.6) is 0 Å². The number of fused-ring (bicyclic) bond motifs is 1. The molecule has 0 bridgehead atoms. The summed E-state index contributed by atoms with van der Waals surface area (Å²) in [6.45, 7) is 3.71. The van der Waals surface area contributed by atoms with Gasteiger partial charge < -0.3 is 20.3 Å². The number of amides is 3. The van der Waals surface area contributed by atoms with Crippen molar-refractivity contribution in [2.75, 3.05) is 39.4 Å². The van der Waals surface area contributed by atoms with Gasteiger partial charge in [0.25, 0.3) is 0 Å². The van der Waals surface area contributed by atoms with Crippen molar-refractivity contribution in [1.29, 1.82) is 5.26 Å². The van der Waals surface area contributed by atoms with E-state index in [0.29, 0.717) is 75.9 Å². The molecule has 0 radical (unpaired) electrons. The molecule has 2 N–H and O–H groups in total. The fourth-order valence-corrected chi connectivity index (χ4v) is 8.02. The Balaban J connectivity index is 1.17. The molecule has 3 amide bonds. The Kier molecular flexibility index (Phi) is 7.64. The summed E-state index contributed by atoms with van der Waals surface area (Å²) in [7, 11) is 0. The van der Waals surface area contributed by atoms with Crippen LogP contribution in [0.3, 0.4) is 0 Å². The molecule has 0 aromatic heterocycles. The lowest BCUT2D eigenvalue weighted by atomic mass is 9.69. The van der Waals surface area contributed by atoms with E-state index in [1.807, 2.05) is 4.90 Å². The largest absolute Gasteiger partial charge is 0.378 e. The Morgan fingerprint density at radius 3 is 2.64 bits per heavy atom. The molecule has 39 heavy (non-hydrogen) atoms. The number of nitrogens with one attached hydrogen (secondary N) is 2. The third-order valence-corrected chi connectivity index (χ3v) is 10.0. The highest BCUT2D eigenvalue weighted by Crippen LogP contribution is 2.49. The summed E-state index contributed by atoms with van der Waals surface area (Å²) in [5, 5.41) is 15.7. The van der Waals surface area contributed by atoms with Crippen molar-refractivity contribution in [3.8, 4) is 6.07 Å². The predicted octanol–water partition coefficient (Wildman–Crippen LogP) is 1.54. The second-order valence-electron chi connectivity index (χ2n) is 12.5. The van der Waals surface area contributed by atoms with Crippen LogP contribution >= 0.6 is 0 Å². The zero-order chi connectivity index (χ0) is 27.1. The van der Waals surface area contributed by atoms with Crippen LogP contribution in [0.25, 0.3) is 0 Å². The minimum Gasteiger partial charge on any atom is -0.378 e. The molecule has 8 atom stereocenters. The number of hydrogen-bond donors (Lipinski definition) is 2. The van der Waals surface area contributed by atoms with Crippen LogP contribution in [0.15, 0.2) is 11.6 Å². The number of rotatable bonds is 5. The maximum Gasteiger partial charge on any atom is 0.248 e. The number of morpholine rings is 1. The maximum atomic E-state index is 14.5. The molecule has 3 heterocycles. The number of halogens is 1. The van der Waals surface area contributed by atoms with Crippen LogP contribution in [-0.4, -0.2) is 91.2 Å². The van der Waals surface area contributed by atoms with Crippen molar-refractivity contribution < 1.29 is 23.5 Å². The van der Waals surface area contributed by atoms with E-state index in [2.05, 4.69) is 21.6 Å². The van der Waals surface area contributed by atoms with E-state index < -0.39 is 18.1 Å². The van der Waals surface area contributed by atoms with Crippen molar-refractivity contribution in [2.24, 2.45) is 29.6 Å². The third kappa shape index (κ3) is 5.45. The normalized spacial score (nSPS) is 39.2. The first-order valence-electron chi connectivity index (χ1n) is 14.9. The van der Waals surface area contributed by atoms with Crippen LogP contribution in [0, 0.1) is 40.9 Å². The molecule has 3 aliphatic carbocycles. The lowest BCUT2D eigenvalue weighted by molar-refractivity contribution is -0.145. The van der Waals surface area contributed by atoms with Gasteiger partial charge in [-0.25, -0.2) is 4.39 Å². The number of hydrogen-bond acceptors (Lipinski definition) is 6. The van der Waals surface area contributed by atoms with Gasteiger partial charge in [-0.1, -0.05) is 0 Å². The summed E-state index contributed by atoms with van der Waals surface area (Å²) in [5.74, 6) is -0.282. The molecule has 212 valence electrons. The molecule has 0 aromatic carbocycles. The maximum absolute atomic E-state index is 14.5. The fourth-order valence-electron chi connectivity index (χ4n) is 8.02. The van der Waals surface area contributed by atoms with Gasteiger partial charge in [0.15, 0.2) is 0 Å². The van der Waals surface area contributed by atoms with Gasteiger partial charge >= 0.3 is 0 Å². The Hall–Kier alpha value is -2.51. The van der Waals surface area contributed by atoms with Crippen molar-refractivity contribution in [2.45, 2.75) is 75.7 Å². The van der Waals surface area contributed by atoms with Gasteiger partial charge in [-0.05, 0) is 63.2 Å². The van der Waals surface area contributed by atoms with E-state index in [9.17, 15) is 24.0 Å². The van der Waals surface area contributed by atoms with Gasteiger partial charge in [-0.15, -0.1) is 0 Å². The number of nitriles is 1. The topological polar surface area (TPSA) is 115 Å². The summed E-state index contributed by atoms with van der Waals surface area (Å²) in [6.07, 6.45) is 6.52. The number of alkyl halides is 1. The average molecular weight is 542 g/mol. The molecule has 9 nitrogen and oxygen atoms in total. The second kappa shape index (κ2) is 11.2. The molecule has 6 rings (SSSR count). The van der Waals surface area contributed by atoms with E-state index in [0.717, 1.165) is 32.2 Å². The Bertz CT molecular complexity index is 1050. The van der Waals surface area contributed by atoms with E-state index in [1.165, 1.54) is 6.08 Å². The zero-order valence-corrected chi connectivity index (χ0v) is 22.5. The summed E-state index contributed by atoms with van der Waals surface area (Å²) in [4.78, 5) is 43.8. The Morgan fingerprint density at radius 1 is 1.10 bits per heavy atom. The monoisotopic (exact) mass is 541 g/mol. The standard InChI is InChI=1S/C29H40FN5O4/c30-24-3-1-2-20-22(14-25(36)33-26(20)24)28(37)32-19-6-7-35(16-19)27-21(18-4-5-18)12-17(15-31)13-23(27)29(38)34-8-10-39-11-9-34/h14,17-21,23-24,26-27H,1-13,16H2,(H,32,37)(H,33,36)/t17?,19-,20?,21?,23?,24?,26?,27?/m1/s1. The van der Waals surface area contributed by atoms with Crippen molar-refractivity contribution in [1.82, 2.24) is 20.4 Å². The van der Waals surface area contributed by atoms with Gasteiger partial charge in [0.2, 0.25) is 17.7 Å². The minimum atomic E-state index is -1.13. The first kappa shape index (κ1) is 26.7. The molecule has 0 aromatic rings. The van der Waals surface area contributed by atoms with E-state index in [-0.39, 0.29) is 41.7 Å². The number of carbonyl (C=O) groups is 3. The summed E-state index contributed by atoms with van der Waals surface area (Å²) < 4.78 is 20.0. The van der Waals surface area contributed by atoms with Crippen LogP contribution in [0.4, 0.5) is 4.39 Å². The van der Waals surface area contributed by atoms with Crippen LogP contribution in [-0.2, 0) is 19.1 Å². The highest BCUT2D eigenvalue weighted by atomic mass is 19.1. The molecular formula is C29H40FN5O4. The van der Waals surface area contributed by atoms with Gasteiger partial charge in [0.1, 0.15) is 6.17 Å². The average Bonchev–Trinajstić information content (AvgIpc) is 3.71. The second-order valence-corrected chi connectivity index (χ2v) is 12.5. The van der Waals surface area contributed by atoms with Crippen molar-refractivity contribution in [3.63, 3.8) is 0 Å². The Labute approximate surface area is 229 Å². The lowest BCUT2D eigenvalue weighted by Crippen LogP contribution is -2.56. The molecule has 10 heteroatoms. The molecular weight excluding hydrogens is 501 g/mol. The van der Waals surface area contributed by atoms with E-state index in [4.69, 9.17) is 4.74 Å². The van der Waals surface area contributed by atoms with Crippen LogP contribution < -0.4 is 10.6 Å². The van der Waals surface area contributed by atoms with Crippen molar-refractivity contribution in [3.05, 3.63) is 11.6 Å². The smallest absolute Gasteiger partial charge is 0.248 e. The molecule has 3 saturated carbocycles. The highest BCUT2D eigenvalue weighted by Gasteiger charge is 2.51. The first-order chi connectivity index (χ1) is 18.9. The van der Waals surface area contributed by atoms with Gasteiger partial charge in [-0.2, -0.15) is 5.26 Å². The zero-order valence-electron chi connectivity index (χ0n) is 22.5. The molecule has 5 fully saturated rings. The summed E-state index contributed by atoms with van der Waals surface area (Å²) >= 11 is 0. The number of ether oxygens (including phenoxy) is 1. The minimum absolute atomic E-state index is 0.0639. The summed E-state index contributed by atoms with van der Waals surface area (Å²) in [5.41, 5.74) is 0.398. The molecule has 6 aliphatic rings. The Morgan fingerprint density at radius 2 is 1.90 bits per heavy atom. The predicted molar refractivity (Wildman–Crippen MR) is 140 cm³/mol. The van der Waals surface area contributed by atoms with E-state index >= 15 is 0 Å². The van der Waals surface area contributed by atoms with Crippen LogP contribution in [0.2, 0.25) is 0 Å². The SMILES string of the molecule is N#CC1CC(C(=O)N2CCOCC2)C(N2CC[C@@H](NC(=O)C3=CC(=O)NC4C(F)CCCC34)C2)C(C2CC2)C1. The van der Waals surface area contributed by atoms with Gasteiger partial charge in [0, 0.05) is 61.7 Å². The summed E-state index contributed by atoms with van der Waals surface area (Å²) in [6, 6.07) is 1.82. The van der Waals surface area contributed by atoms with Gasteiger partial charge in [-0.3, -0.25) is 19.3 Å². The fraction of sp³-hybridized carbons (Fsp3) is 0.793. The molecule has 7 unspecified atom stereocenters. The molecule has 0 spiro atoms. The van der Waals surface area contributed by atoms with Crippen LogP contribution in [0.1, 0.15) is 51.4 Å². The number of nitrogens with zero attached hydrogens (tertiary/aromatic N) is 3. The first-order valence-corrected chi connectivity index (χ1v) is 14.9. The highest BCUT2D eigenvalue weighted by molar-refractivity contribution is 6.03. The quantitative estimate of drug-likeness (QED) is 0.546. The number of likely N-dealkylation sites (tertiary alicyclic amines) is 1. The number of carbonyl (C=O) groups excluding carboxylic acids is 3. The van der Waals surface area contributed by atoms with Gasteiger partial charge in [0.05, 0.1) is 31.2 Å². The molecule has 3 aliphatic heterocycles. The third-order valence-electron chi connectivity index (χ3n) is 10.0.